The van der Waals surface area contributed by atoms with Gasteiger partial charge in [-0.2, -0.15) is 0 Å². The van der Waals surface area contributed by atoms with Gasteiger partial charge in [-0.3, -0.25) is 0 Å². The standard InChI is InChI=1S/C17H26NO3.BrH/c1-6-8-14-9-10-15(16(12-14)20-5)21-17(19)13-18(3,4)11-7-2;/h6,9-10,12H,1,7-8,11,13H2,2-5H3;1H/q+1;/p-1. The van der Waals surface area contributed by atoms with Crippen molar-refractivity contribution in [1.29, 1.82) is 0 Å². The van der Waals surface area contributed by atoms with Crippen molar-refractivity contribution in [2.24, 2.45) is 0 Å². The molecule has 22 heavy (non-hydrogen) atoms. The van der Waals surface area contributed by atoms with E-state index in [1.165, 1.54) is 0 Å². The summed E-state index contributed by atoms with van der Waals surface area (Å²) in [5.41, 5.74) is 1.07. The van der Waals surface area contributed by atoms with Gasteiger partial charge in [0.25, 0.3) is 0 Å². The summed E-state index contributed by atoms with van der Waals surface area (Å²) in [6, 6.07) is 5.56. The molecule has 124 valence electrons. The number of carbonyl (C=O) groups excluding carboxylic acids is 1. The van der Waals surface area contributed by atoms with E-state index in [2.05, 4.69) is 13.5 Å². The van der Waals surface area contributed by atoms with E-state index in [-0.39, 0.29) is 23.0 Å². The molecule has 0 unspecified atom stereocenters. The first-order valence-electron chi connectivity index (χ1n) is 7.22. The lowest BCUT2D eigenvalue weighted by atomic mass is 10.1. The topological polar surface area (TPSA) is 35.5 Å². The first-order valence-corrected chi connectivity index (χ1v) is 7.22. The fourth-order valence-corrected chi connectivity index (χ4v) is 2.28. The number of hydrogen-bond acceptors (Lipinski definition) is 3. The Kier molecular flexibility index (Phi) is 9.06. The lowest BCUT2D eigenvalue weighted by Gasteiger charge is -2.28. The largest absolute Gasteiger partial charge is 1.00 e. The van der Waals surface area contributed by atoms with Gasteiger partial charge in [-0.1, -0.05) is 19.1 Å². The number of quaternary nitrogens is 1. The molecule has 0 aliphatic heterocycles. The van der Waals surface area contributed by atoms with Gasteiger partial charge >= 0.3 is 5.97 Å². The number of esters is 1. The maximum atomic E-state index is 12.1. The first kappa shape index (κ1) is 20.7. The quantitative estimate of drug-likeness (QED) is 0.275. The molecule has 0 saturated heterocycles. The lowest BCUT2D eigenvalue weighted by Crippen LogP contribution is -3.00. The molecule has 0 atom stereocenters. The predicted molar refractivity (Wildman–Crippen MR) is 84.7 cm³/mol. The molecular weight excluding hydrogens is 346 g/mol. The molecule has 4 nitrogen and oxygen atoms in total. The number of allylic oxidation sites excluding steroid dienone is 1. The molecule has 0 amide bonds. The molecule has 0 aliphatic carbocycles. The maximum absolute atomic E-state index is 12.1. The van der Waals surface area contributed by atoms with E-state index < -0.39 is 0 Å². The summed E-state index contributed by atoms with van der Waals surface area (Å²) < 4.78 is 11.4. The molecule has 0 saturated carbocycles. The van der Waals surface area contributed by atoms with Crippen LogP contribution in [0.5, 0.6) is 11.5 Å². The third-order valence-electron chi connectivity index (χ3n) is 3.22. The van der Waals surface area contributed by atoms with Crippen LogP contribution in [0.3, 0.4) is 0 Å². The summed E-state index contributed by atoms with van der Waals surface area (Å²) in [4.78, 5) is 12.1. The van der Waals surface area contributed by atoms with Crippen LogP contribution in [0.25, 0.3) is 0 Å². The van der Waals surface area contributed by atoms with Crippen LogP contribution in [0.2, 0.25) is 0 Å². The van der Waals surface area contributed by atoms with Crippen molar-refractivity contribution in [2.45, 2.75) is 19.8 Å². The summed E-state index contributed by atoms with van der Waals surface area (Å²) >= 11 is 0. The fraction of sp³-hybridized carbons (Fsp3) is 0.471. The monoisotopic (exact) mass is 371 g/mol. The number of ether oxygens (including phenoxy) is 2. The highest BCUT2D eigenvalue weighted by molar-refractivity contribution is 5.74. The van der Waals surface area contributed by atoms with E-state index in [0.717, 1.165) is 24.9 Å². The van der Waals surface area contributed by atoms with E-state index in [0.29, 0.717) is 22.5 Å². The Morgan fingerprint density at radius 1 is 1.32 bits per heavy atom. The van der Waals surface area contributed by atoms with Gasteiger partial charge in [0.15, 0.2) is 18.0 Å². The third kappa shape index (κ3) is 6.62. The lowest BCUT2D eigenvalue weighted by molar-refractivity contribution is -0.882. The molecular formula is C17H26BrNO3. The SMILES string of the molecule is C=CCc1ccc(OC(=O)C[N+](C)(C)CCC)c(OC)c1.[Br-]. The minimum Gasteiger partial charge on any atom is -1.00 e. The number of rotatable bonds is 8. The van der Waals surface area contributed by atoms with Gasteiger partial charge in [-0.25, -0.2) is 4.79 Å². The van der Waals surface area contributed by atoms with Crippen molar-refractivity contribution < 1.29 is 35.7 Å². The second kappa shape index (κ2) is 9.64. The van der Waals surface area contributed by atoms with Crippen molar-refractivity contribution in [3.63, 3.8) is 0 Å². The average molecular weight is 372 g/mol. The van der Waals surface area contributed by atoms with Crippen LogP contribution in [-0.4, -0.2) is 44.7 Å². The van der Waals surface area contributed by atoms with Gasteiger partial charge in [-0.15, -0.1) is 6.58 Å². The minimum absolute atomic E-state index is 0. The summed E-state index contributed by atoms with van der Waals surface area (Å²) in [6.45, 7) is 7.09. The maximum Gasteiger partial charge on any atom is 0.367 e. The number of benzene rings is 1. The van der Waals surface area contributed by atoms with Crippen molar-refractivity contribution in [3.05, 3.63) is 36.4 Å². The summed E-state index contributed by atoms with van der Waals surface area (Å²) in [6.07, 6.45) is 3.61. The van der Waals surface area contributed by atoms with Crippen LogP contribution in [0.1, 0.15) is 18.9 Å². The Morgan fingerprint density at radius 2 is 2.00 bits per heavy atom. The van der Waals surface area contributed by atoms with Crippen LogP contribution < -0.4 is 26.5 Å². The zero-order valence-electron chi connectivity index (χ0n) is 13.9. The van der Waals surface area contributed by atoms with Gasteiger partial charge < -0.3 is 30.9 Å². The van der Waals surface area contributed by atoms with Crippen molar-refractivity contribution in [2.75, 3.05) is 34.3 Å². The second-order valence-corrected chi connectivity index (χ2v) is 5.77. The number of nitrogens with zero attached hydrogens (tertiary/aromatic N) is 1. The molecule has 5 heteroatoms. The molecule has 1 rings (SSSR count). The predicted octanol–water partition coefficient (Wildman–Crippen LogP) is -0.180. The summed E-state index contributed by atoms with van der Waals surface area (Å²) in [7, 11) is 5.62. The van der Waals surface area contributed by atoms with E-state index in [4.69, 9.17) is 9.47 Å². The van der Waals surface area contributed by atoms with E-state index in [1.54, 1.807) is 13.2 Å². The number of hydrogen-bond donors (Lipinski definition) is 0. The molecule has 1 aromatic carbocycles. The first-order chi connectivity index (χ1) is 9.91. The highest BCUT2D eigenvalue weighted by Crippen LogP contribution is 2.28. The Hall–Kier alpha value is -1.33. The fourth-order valence-electron chi connectivity index (χ4n) is 2.28. The third-order valence-corrected chi connectivity index (χ3v) is 3.22. The molecule has 0 spiro atoms. The van der Waals surface area contributed by atoms with E-state index in [9.17, 15) is 4.79 Å². The number of methoxy groups -OCH3 is 1. The van der Waals surface area contributed by atoms with Crippen LogP contribution in [0.4, 0.5) is 0 Å². The van der Waals surface area contributed by atoms with Crippen LogP contribution in [0.15, 0.2) is 30.9 Å². The van der Waals surface area contributed by atoms with Crippen molar-refractivity contribution >= 4 is 5.97 Å². The molecule has 0 aromatic heterocycles. The van der Waals surface area contributed by atoms with Crippen molar-refractivity contribution in [1.82, 2.24) is 0 Å². The molecule has 0 radical (unpaired) electrons. The Morgan fingerprint density at radius 3 is 2.55 bits per heavy atom. The second-order valence-electron chi connectivity index (χ2n) is 5.77. The smallest absolute Gasteiger partial charge is 0.367 e. The zero-order chi connectivity index (χ0) is 15.9. The average Bonchev–Trinajstić information content (AvgIpc) is 2.39. The molecule has 1 aromatic rings. The molecule has 0 fully saturated rings. The number of carbonyl (C=O) groups is 1. The van der Waals surface area contributed by atoms with Crippen molar-refractivity contribution in [3.8, 4) is 11.5 Å². The molecule has 0 aliphatic rings. The molecule has 0 N–H and O–H groups in total. The zero-order valence-corrected chi connectivity index (χ0v) is 15.5. The van der Waals surface area contributed by atoms with E-state index >= 15 is 0 Å². The molecule has 0 heterocycles. The van der Waals surface area contributed by atoms with Crippen LogP contribution in [-0.2, 0) is 11.2 Å². The Bertz CT molecular complexity index is 501. The van der Waals surface area contributed by atoms with Crippen LogP contribution >= 0.6 is 0 Å². The van der Waals surface area contributed by atoms with Gasteiger partial charge in [0.2, 0.25) is 0 Å². The van der Waals surface area contributed by atoms with E-state index in [1.807, 2.05) is 32.3 Å². The Labute approximate surface area is 144 Å². The van der Waals surface area contributed by atoms with Crippen LogP contribution in [0, 0.1) is 0 Å². The van der Waals surface area contributed by atoms with Gasteiger partial charge in [0, 0.05) is 0 Å². The van der Waals surface area contributed by atoms with Gasteiger partial charge in [0.1, 0.15) is 0 Å². The highest BCUT2D eigenvalue weighted by atomic mass is 79.9. The summed E-state index contributed by atoms with van der Waals surface area (Å²) in [5, 5.41) is 0. The Balaban J connectivity index is 0.00000441. The highest BCUT2D eigenvalue weighted by Gasteiger charge is 2.21. The van der Waals surface area contributed by atoms with Gasteiger partial charge in [0.05, 0.1) is 27.7 Å². The van der Waals surface area contributed by atoms with Gasteiger partial charge in [-0.05, 0) is 30.5 Å². The normalized spacial score (nSPS) is 10.5. The minimum atomic E-state index is -0.247. The summed E-state index contributed by atoms with van der Waals surface area (Å²) in [5.74, 6) is 0.790. The molecule has 0 bridgehead atoms. The number of likely N-dealkylation sites (N-methyl/N-ethyl adjacent to an activating group) is 1. The number of halogens is 1.